The molecule has 0 unspecified atom stereocenters. The van der Waals surface area contributed by atoms with Gasteiger partial charge in [-0.05, 0) is 42.7 Å². The van der Waals surface area contributed by atoms with Crippen molar-refractivity contribution in [1.29, 1.82) is 0 Å². The van der Waals surface area contributed by atoms with E-state index in [0.29, 0.717) is 35.3 Å². The molecule has 5 atom stereocenters. The third-order valence-corrected chi connectivity index (χ3v) is 6.79. The maximum atomic E-state index is 12.2. The first-order chi connectivity index (χ1) is 21.5. The zero-order valence-electron chi connectivity index (χ0n) is 25.4. The van der Waals surface area contributed by atoms with Crippen molar-refractivity contribution in [3.05, 3.63) is 59.9 Å². The molecule has 0 radical (unpaired) electrons. The molecule has 1 aliphatic rings. The van der Waals surface area contributed by atoms with E-state index in [4.69, 9.17) is 42.7 Å². The quantitative estimate of drug-likeness (QED) is 0.217. The fourth-order valence-electron chi connectivity index (χ4n) is 5.00. The van der Waals surface area contributed by atoms with Crippen LogP contribution in [0.5, 0.6) is 11.5 Å². The number of aryl methyl sites for hydroxylation is 2. The first-order valence-electron chi connectivity index (χ1n) is 14.3. The first-order valence-corrected chi connectivity index (χ1v) is 14.3. The molecular formula is C32H36O13. The van der Waals surface area contributed by atoms with E-state index in [9.17, 15) is 19.2 Å². The highest BCUT2D eigenvalue weighted by molar-refractivity contribution is 5.87. The molecule has 45 heavy (non-hydrogen) atoms. The zero-order chi connectivity index (χ0) is 32.5. The predicted molar refractivity (Wildman–Crippen MR) is 155 cm³/mol. The third kappa shape index (κ3) is 8.96. The molecule has 1 N–H and O–H groups in total. The molecule has 242 valence electrons. The number of aliphatic hydroxyl groups excluding tert-OH is 1. The summed E-state index contributed by atoms with van der Waals surface area (Å²) < 4.78 is 45.3. The van der Waals surface area contributed by atoms with Gasteiger partial charge < -0.3 is 42.7 Å². The maximum Gasteiger partial charge on any atom is 0.303 e. The minimum Gasteiger partial charge on any atom is -0.491 e. The summed E-state index contributed by atoms with van der Waals surface area (Å²) in [5.41, 5.74) is 2.39. The molecule has 0 saturated carbocycles. The van der Waals surface area contributed by atoms with E-state index in [0.717, 1.165) is 31.9 Å². The third-order valence-electron chi connectivity index (χ3n) is 6.79. The van der Waals surface area contributed by atoms with Gasteiger partial charge >= 0.3 is 23.9 Å². The highest BCUT2D eigenvalue weighted by Crippen LogP contribution is 2.36. The summed E-state index contributed by atoms with van der Waals surface area (Å²) in [4.78, 5) is 48.0. The van der Waals surface area contributed by atoms with Gasteiger partial charge in [0, 0.05) is 33.3 Å². The number of fused-ring (bicyclic) bond motifs is 1. The first kappa shape index (κ1) is 33.3. The van der Waals surface area contributed by atoms with Gasteiger partial charge in [-0.25, -0.2) is 0 Å². The van der Waals surface area contributed by atoms with Crippen LogP contribution in [-0.2, 0) is 55.7 Å². The monoisotopic (exact) mass is 628 g/mol. The average Bonchev–Trinajstić information content (AvgIpc) is 3.41. The Balaban J connectivity index is 1.64. The standard InChI is InChI=1S/C32H36O13/c1-18(34)39-17-27-29(41-19(2)35)30(42-20(3)36)31(43-21(4)37)32(45-27)44-26-7-5-6-25-28(26)23(16-40-25)11-8-22-9-12-24(13-10-22)38-15-14-33/h5-7,9-10,12-13,16,27,29-33H,8,11,14-15,17H2,1-4H3/t27-,29-,30+,31-,32-/m1/s1. The minimum atomic E-state index is -1.38. The molecule has 3 aromatic rings. The summed E-state index contributed by atoms with van der Waals surface area (Å²) in [5.74, 6) is -1.84. The molecule has 0 aliphatic carbocycles. The van der Waals surface area contributed by atoms with Gasteiger partial charge in [-0.1, -0.05) is 18.2 Å². The van der Waals surface area contributed by atoms with Crippen LogP contribution in [0.1, 0.15) is 38.8 Å². The van der Waals surface area contributed by atoms with Crippen LogP contribution in [-0.4, -0.2) is 79.5 Å². The van der Waals surface area contributed by atoms with Gasteiger partial charge in [0.15, 0.2) is 12.2 Å². The minimum absolute atomic E-state index is 0.0722. The molecular weight excluding hydrogens is 592 g/mol. The summed E-state index contributed by atoms with van der Waals surface area (Å²) in [5, 5.41) is 9.60. The van der Waals surface area contributed by atoms with Crippen LogP contribution in [0.25, 0.3) is 11.0 Å². The highest BCUT2D eigenvalue weighted by Gasteiger charge is 2.53. The van der Waals surface area contributed by atoms with Crippen LogP contribution < -0.4 is 9.47 Å². The number of hydrogen-bond acceptors (Lipinski definition) is 13. The molecule has 4 rings (SSSR count). The van der Waals surface area contributed by atoms with Crippen molar-refractivity contribution in [1.82, 2.24) is 0 Å². The summed E-state index contributed by atoms with van der Waals surface area (Å²) in [6, 6.07) is 12.7. The van der Waals surface area contributed by atoms with Crippen LogP contribution in [0.4, 0.5) is 0 Å². The average molecular weight is 629 g/mol. The molecule has 1 aromatic heterocycles. The number of esters is 4. The normalized spacial score (nSPS) is 21.0. The molecule has 0 amide bonds. The van der Waals surface area contributed by atoms with Crippen molar-refractivity contribution in [3.63, 3.8) is 0 Å². The van der Waals surface area contributed by atoms with Crippen molar-refractivity contribution < 1.29 is 61.9 Å². The second-order valence-electron chi connectivity index (χ2n) is 10.3. The van der Waals surface area contributed by atoms with Gasteiger partial charge in [0.25, 0.3) is 0 Å². The van der Waals surface area contributed by atoms with Crippen molar-refractivity contribution in [3.8, 4) is 11.5 Å². The largest absolute Gasteiger partial charge is 0.491 e. The van der Waals surface area contributed by atoms with Gasteiger partial charge in [0.05, 0.1) is 18.3 Å². The fourth-order valence-corrected chi connectivity index (χ4v) is 5.00. The Morgan fingerprint density at radius 1 is 0.800 bits per heavy atom. The van der Waals surface area contributed by atoms with Gasteiger partial charge in [-0.15, -0.1) is 0 Å². The molecule has 1 aliphatic heterocycles. The highest BCUT2D eigenvalue weighted by atomic mass is 16.7. The number of hydrogen-bond donors (Lipinski definition) is 1. The van der Waals surface area contributed by atoms with E-state index in [1.807, 2.05) is 24.3 Å². The second kappa shape index (κ2) is 15.4. The van der Waals surface area contributed by atoms with Crippen molar-refractivity contribution in [2.45, 2.75) is 71.2 Å². The number of benzene rings is 2. The van der Waals surface area contributed by atoms with Crippen LogP contribution in [0, 0.1) is 0 Å². The van der Waals surface area contributed by atoms with Gasteiger partial charge in [0.1, 0.15) is 36.4 Å². The van der Waals surface area contributed by atoms with Crippen molar-refractivity contribution >= 4 is 34.8 Å². The van der Waals surface area contributed by atoms with E-state index in [1.54, 1.807) is 24.5 Å². The van der Waals surface area contributed by atoms with Crippen LogP contribution in [0.3, 0.4) is 0 Å². The molecule has 0 spiro atoms. The van der Waals surface area contributed by atoms with Crippen LogP contribution in [0.2, 0.25) is 0 Å². The van der Waals surface area contributed by atoms with Gasteiger partial charge in [0.2, 0.25) is 12.4 Å². The van der Waals surface area contributed by atoms with Crippen molar-refractivity contribution in [2.24, 2.45) is 0 Å². The van der Waals surface area contributed by atoms with E-state index in [-0.39, 0.29) is 19.8 Å². The Kier molecular flexibility index (Phi) is 11.4. The Labute approximate surface area is 259 Å². The fraction of sp³-hybridized carbons (Fsp3) is 0.438. The summed E-state index contributed by atoms with van der Waals surface area (Å²) in [6.07, 6.45) is -3.70. The van der Waals surface area contributed by atoms with Gasteiger partial charge in [-0.2, -0.15) is 0 Å². The molecule has 13 heteroatoms. The summed E-state index contributed by atoms with van der Waals surface area (Å²) >= 11 is 0. The lowest BCUT2D eigenvalue weighted by molar-refractivity contribution is -0.288. The Morgan fingerprint density at radius 2 is 1.47 bits per heavy atom. The Hall–Kier alpha value is -4.62. The van der Waals surface area contributed by atoms with E-state index < -0.39 is 54.6 Å². The van der Waals surface area contributed by atoms with Crippen molar-refractivity contribution in [2.75, 3.05) is 19.8 Å². The smallest absolute Gasteiger partial charge is 0.303 e. The molecule has 2 aromatic carbocycles. The molecule has 2 heterocycles. The Morgan fingerprint density at radius 3 is 2.11 bits per heavy atom. The number of ether oxygens (including phenoxy) is 7. The van der Waals surface area contributed by atoms with Gasteiger partial charge in [-0.3, -0.25) is 19.2 Å². The molecule has 13 nitrogen and oxygen atoms in total. The van der Waals surface area contributed by atoms with Crippen LogP contribution in [0.15, 0.2) is 53.1 Å². The lowest BCUT2D eigenvalue weighted by Gasteiger charge is -2.44. The topological polar surface area (TPSA) is 166 Å². The SMILES string of the molecule is CC(=O)OC[C@H]1O[C@@H](Oc2cccc3occ(CCc4ccc(OCCO)cc4)c23)[C@H](OC(C)=O)[C@@H](OC(C)=O)[C@@H]1OC(C)=O. The molecule has 0 bridgehead atoms. The molecule has 1 saturated heterocycles. The number of furan rings is 1. The van der Waals surface area contributed by atoms with E-state index >= 15 is 0 Å². The predicted octanol–water partition coefficient (Wildman–Crippen LogP) is 3.05. The summed E-state index contributed by atoms with van der Waals surface area (Å²) in [7, 11) is 0. The number of aliphatic hydroxyl groups is 1. The molecule has 1 fully saturated rings. The number of rotatable bonds is 13. The van der Waals surface area contributed by atoms with Crippen LogP contribution >= 0.6 is 0 Å². The zero-order valence-corrected chi connectivity index (χ0v) is 25.4. The summed E-state index contributed by atoms with van der Waals surface area (Å²) in [6.45, 7) is 4.42. The Bertz CT molecular complexity index is 1480. The lowest BCUT2D eigenvalue weighted by atomic mass is 9.98. The van der Waals surface area contributed by atoms with E-state index in [2.05, 4.69) is 0 Å². The number of carbonyl (C=O) groups is 4. The second-order valence-corrected chi connectivity index (χ2v) is 10.3. The maximum absolute atomic E-state index is 12.2. The van der Waals surface area contributed by atoms with E-state index in [1.165, 1.54) is 6.92 Å². The number of carbonyl (C=O) groups excluding carboxylic acids is 4. The lowest BCUT2D eigenvalue weighted by Crippen LogP contribution is -2.63.